The first kappa shape index (κ1) is 14.5. The summed E-state index contributed by atoms with van der Waals surface area (Å²) in [6.45, 7) is 5.84. The maximum Gasteiger partial charge on any atom is 0.354 e. The minimum atomic E-state index is -1.10. The van der Waals surface area contributed by atoms with Crippen LogP contribution in [0, 0.1) is 5.92 Å². The van der Waals surface area contributed by atoms with Crippen LogP contribution in [0.15, 0.2) is 18.3 Å². The first-order chi connectivity index (χ1) is 9.56. The molecule has 6 heteroatoms. The Morgan fingerprint density at radius 3 is 2.85 bits per heavy atom. The quantitative estimate of drug-likeness (QED) is 0.834. The Morgan fingerprint density at radius 2 is 2.30 bits per heavy atom. The number of rotatable bonds is 5. The van der Waals surface area contributed by atoms with Gasteiger partial charge in [-0.25, -0.2) is 9.78 Å². The molecule has 1 amide bonds. The van der Waals surface area contributed by atoms with Gasteiger partial charge in [-0.3, -0.25) is 4.79 Å². The van der Waals surface area contributed by atoms with Crippen LogP contribution in [-0.2, 0) is 0 Å². The van der Waals surface area contributed by atoms with Crippen LogP contribution in [0.5, 0.6) is 0 Å². The highest BCUT2D eigenvalue weighted by molar-refractivity contribution is 5.94. The van der Waals surface area contributed by atoms with E-state index in [9.17, 15) is 9.59 Å². The highest BCUT2D eigenvalue weighted by Gasteiger charge is 2.18. The number of carbonyl (C=O) groups excluding carboxylic acids is 1. The van der Waals surface area contributed by atoms with E-state index in [1.54, 1.807) is 0 Å². The second-order valence-electron chi connectivity index (χ2n) is 5.19. The Hall–Kier alpha value is -1.95. The van der Waals surface area contributed by atoms with E-state index in [0.717, 1.165) is 25.6 Å². The topological polar surface area (TPSA) is 82.5 Å². The van der Waals surface area contributed by atoms with Gasteiger partial charge in [0.25, 0.3) is 5.91 Å². The molecule has 1 unspecified atom stereocenters. The second kappa shape index (κ2) is 6.47. The minimum absolute atomic E-state index is 0.0624. The average molecular weight is 277 g/mol. The summed E-state index contributed by atoms with van der Waals surface area (Å²) in [6, 6.07) is 2.81. The maximum atomic E-state index is 11.8. The molecule has 1 saturated heterocycles. The number of carboxylic acids is 1. The van der Waals surface area contributed by atoms with Gasteiger partial charge in [-0.1, -0.05) is 6.92 Å². The summed E-state index contributed by atoms with van der Waals surface area (Å²) in [5, 5.41) is 11.6. The molecule has 0 aliphatic carbocycles. The Kier molecular flexibility index (Phi) is 4.68. The number of hydrogen-bond acceptors (Lipinski definition) is 4. The molecule has 20 heavy (non-hydrogen) atoms. The number of carboxylic acid groups (broad SMARTS) is 1. The van der Waals surface area contributed by atoms with Gasteiger partial charge in [0.2, 0.25) is 0 Å². The summed E-state index contributed by atoms with van der Waals surface area (Å²) in [7, 11) is 0. The lowest BCUT2D eigenvalue weighted by atomic mass is 10.2. The van der Waals surface area contributed by atoms with Crippen LogP contribution in [0.25, 0.3) is 0 Å². The first-order valence-corrected chi connectivity index (χ1v) is 6.76. The zero-order valence-electron chi connectivity index (χ0n) is 11.5. The SMILES string of the molecule is CC1CCN(CCNC(=O)c2ccc(C(=O)O)nc2)C1. The van der Waals surface area contributed by atoms with E-state index < -0.39 is 5.97 Å². The number of nitrogens with zero attached hydrogens (tertiary/aromatic N) is 2. The van der Waals surface area contributed by atoms with Gasteiger partial charge in [-0.2, -0.15) is 0 Å². The molecule has 2 heterocycles. The Morgan fingerprint density at radius 1 is 1.50 bits per heavy atom. The molecule has 1 fully saturated rings. The zero-order chi connectivity index (χ0) is 14.5. The normalized spacial score (nSPS) is 18.9. The van der Waals surface area contributed by atoms with Crippen molar-refractivity contribution in [2.24, 2.45) is 5.92 Å². The fraction of sp³-hybridized carbons (Fsp3) is 0.500. The molecule has 0 aromatic carbocycles. The van der Waals surface area contributed by atoms with Crippen molar-refractivity contribution in [1.82, 2.24) is 15.2 Å². The fourth-order valence-electron chi connectivity index (χ4n) is 2.31. The summed E-state index contributed by atoms with van der Waals surface area (Å²) in [5.74, 6) is -0.583. The van der Waals surface area contributed by atoms with Crippen LogP contribution in [0.1, 0.15) is 34.2 Å². The number of carbonyl (C=O) groups is 2. The molecule has 2 rings (SSSR count). The molecule has 108 valence electrons. The maximum absolute atomic E-state index is 11.8. The third-order valence-electron chi connectivity index (χ3n) is 3.47. The molecule has 1 aliphatic heterocycles. The molecule has 1 atom stereocenters. The Balaban J connectivity index is 1.78. The van der Waals surface area contributed by atoms with Crippen molar-refractivity contribution in [3.05, 3.63) is 29.6 Å². The lowest BCUT2D eigenvalue weighted by Crippen LogP contribution is -2.33. The standard InChI is InChI=1S/C14H19N3O3/c1-10-4-6-17(9-10)7-5-15-13(18)11-2-3-12(14(19)20)16-8-11/h2-3,8,10H,4-7,9H2,1H3,(H,15,18)(H,19,20). The predicted molar refractivity (Wildman–Crippen MR) is 73.8 cm³/mol. The number of aromatic nitrogens is 1. The van der Waals surface area contributed by atoms with Crippen LogP contribution in [0.4, 0.5) is 0 Å². The van der Waals surface area contributed by atoms with E-state index >= 15 is 0 Å². The van der Waals surface area contributed by atoms with Gasteiger partial charge < -0.3 is 15.3 Å². The van der Waals surface area contributed by atoms with Crippen LogP contribution >= 0.6 is 0 Å². The Bertz CT molecular complexity index is 487. The highest BCUT2D eigenvalue weighted by atomic mass is 16.4. The molecule has 0 saturated carbocycles. The van der Waals surface area contributed by atoms with Gasteiger partial charge in [0.1, 0.15) is 5.69 Å². The third kappa shape index (κ3) is 3.77. The van der Waals surface area contributed by atoms with Gasteiger partial charge in [0, 0.05) is 25.8 Å². The molecule has 2 N–H and O–H groups in total. The van der Waals surface area contributed by atoms with E-state index in [0.29, 0.717) is 12.1 Å². The number of hydrogen-bond donors (Lipinski definition) is 2. The van der Waals surface area contributed by atoms with Gasteiger partial charge in [-0.05, 0) is 31.0 Å². The molecule has 0 radical (unpaired) electrons. The highest BCUT2D eigenvalue weighted by Crippen LogP contribution is 2.13. The third-order valence-corrected chi connectivity index (χ3v) is 3.47. The van der Waals surface area contributed by atoms with Crippen molar-refractivity contribution in [3.63, 3.8) is 0 Å². The number of pyridine rings is 1. The van der Waals surface area contributed by atoms with E-state index in [4.69, 9.17) is 5.11 Å². The molecule has 0 spiro atoms. The molecule has 6 nitrogen and oxygen atoms in total. The van der Waals surface area contributed by atoms with Crippen molar-refractivity contribution in [2.45, 2.75) is 13.3 Å². The number of aromatic carboxylic acids is 1. The first-order valence-electron chi connectivity index (χ1n) is 6.76. The predicted octanol–water partition coefficient (Wildman–Crippen LogP) is 0.851. The smallest absolute Gasteiger partial charge is 0.354 e. The van der Waals surface area contributed by atoms with Gasteiger partial charge >= 0.3 is 5.97 Å². The fourth-order valence-corrected chi connectivity index (χ4v) is 2.31. The van der Waals surface area contributed by atoms with Crippen molar-refractivity contribution in [1.29, 1.82) is 0 Å². The van der Waals surface area contributed by atoms with Crippen molar-refractivity contribution < 1.29 is 14.7 Å². The van der Waals surface area contributed by atoms with Crippen molar-refractivity contribution in [2.75, 3.05) is 26.2 Å². The molecular formula is C14H19N3O3. The van der Waals surface area contributed by atoms with E-state index in [1.807, 2.05) is 0 Å². The molecule has 1 aromatic heterocycles. The van der Waals surface area contributed by atoms with Gasteiger partial charge in [0.15, 0.2) is 0 Å². The minimum Gasteiger partial charge on any atom is -0.477 e. The van der Waals surface area contributed by atoms with E-state index in [2.05, 4.69) is 22.1 Å². The number of amides is 1. The number of likely N-dealkylation sites (tertiary alicyclic amines) is 1. The summed E-state index contributed by atoms with van der Waals surface area (Å²) in [6.07, 6.45) is 2.51. The summed E-state index contributed by atoms with van der Waals surface area (Å²) in [5.41, 5.74) is 0.317. The van der Waals surface area contributed by atoms with E-state index in [1.165, 1.54) is 24.8 Å². The average Bonchev–Trinajstić information content (AvgIpc) is 2.84. The molecule has 1 aromatic rings. The van der Waals surface area contributed by atoms with Crippen molar-refractivity contribution >= 4 is 11.9 Å². The molecular weight excluding hydrogens is 258 g/mol. The lowest BCUT2D eigenvalue weighted by Gasteiger charge is -2.15. The zero-order valence-corrected chi connectivity index (χ0v) is 11.5. The number of nitrogens with one attached hydrogen (secondary N) is 1. The summed E-state index contributed by atoms with van der Waals surface area (Å²) < 4.78 is 0. The molecule has 1 aliphatic rings. The van der Waals surface area contributed by atoms with Crippen LogP contribution in [0.2, 0.25) is 0 Å². The van der Waals surface area contributed by atoms with E-state index in [-0.39, 0.29) is 11.6 Å². The lowest BCUT2D eigenvalue weighted by molar-refractivity contribution is 0.0689. The van der Waals surface area contributed by atoms with Crippen LogP contribution in [-0.4, -0.2) is 53.0 Å². The summed E-state index contributed by atoms with van der Waals surface area (Å²) >= 11 is 0. The molecule has 0 bridgehead atoms. The van der Waals surface area contributed by atoms with Crippen LogP contribution < -0.4 is 5.32 Å². The Labute approximate surface area is 117 Å². The second-order valence-corrected chi connectivity index (χ2v) is 5.19. The summed E-state index contributed by atoms with van der Waals surface area (Å²) in [4.78, 5) is 28.6. The van der Waals surface area contributed by atoms with Crippen LogP contribution in [0.3, 0.4) is 0 Å². The van der Waals surface area contributed by atoms with Crippen molar-refractivity contribution in [3.8, 4) is 0 Å². The largest absolute Gasteiger partial charge is 0.477 e. The van der Waals surface area contributed by atoms with Gasteiger partial charge in [-0.15, -0.1) is 0 Å². The monoisotopic (exact) mass is 277 g/mol. The van der Waals surface area contributed by atoms with Gasteiger partial charge in [0.05, 0.1) is 5.56 Å².